The van der Waals surface area contributed by atoms with E-state index in [4.69, 9.17) is 17.3 Å². The minimum Gasteiger partial charge on any atom is -0.312 e. The lowest BCUT2D eigenvalue weighted by Gasteiger charge is -2.04. The largest absolute Gasteiger partial charge is 0.312 e. The van der Waals surface area contributed by atoms with Gasteiger partial charge in [0.05, 0.1) is 11.0 Å². The molecule has 0 spiro atoms. The molecule has 0 radical (unpaired) electrons. The molecule has 0 aromatic heterocycles. The van der Waals surface area contributed by atoms with Gasteiger partial charge < -0.3 is 5.73 Å². The van der Waals surface area contributed by atoms with Crippen LogP contribution in [-0.4, -0.2) is 19.2 Å². The first-order valence-corrected chi connectivity index (χ1v) is 9.47. The average Bonchev–Trinajstić information content (AvgIpc) is 3.16. The summed E-state index contributed by atoms with van der Waals surface area (Å²) in [6.45, 7) is 0. The highest BCUT2D eigenvalue weighted by atomic mass is 79.9. The molecule has 0 amide bonds. The molecule has 1 aliphatic rings. The zero-order chi connectivity index (χ0) is 16.8. The second kappa shape index (κ2) is 5.60. The van der Waals surface area contributed by atoms with E-state index in [9.17, 15) is 13.7 Å². The van der Waals surface area contributed by atoms with Gasteiger partial charge in [-0.05, 0) is 42.0 Å². The molecule has 0 saturated heterocycles. The van der Waals surface area contributed by atoms with Crippen LogP contribution in [0.4, 0.5) is 0 Å². The maximum atomic E-state index is 12.8. The van der Waals surface area contributed by atoms with Crippen molar-refractivity contribution in [3.63, 3.8) is 0 Å². The standard InChI is InChI=1S/C16H12BrClN2O2S/c17-11-3-1-10(2-4-11)14-15(16(14,20)9-19)23(21,22)13-7-5-12(18)6-8-13/h1-8,14-15H,20H2/t14-,15+,16-/m1/s1. The monoisotopic (exact) mass is 410 g/mol. The topological polar surface area (TPSA) is 83.9 Å². The maximum absolute atomic E-state index is 12.8. The molecule has 2 aromatic carbocycles. The molecule has 4 nitrogen and oxygen atoms in total. The smallest absolute Gasteiger partial charge is 0.184 e. The number of sulfone groups is 1. The van der Waals surface area contributed by atoms with Gasteiger partial charge in [0.2, 0.25) is 0 Å². The Balaban J connectivity index is 2.03. The minimum absolute atomic E-state index is 0.122. The zero-order valence-corrected chi connectivity index (χ0v) is 14.9. The lowest BCUT2D eigenvalue weighted by Crippen LogP contribution is -2.29. The fourth-order valence-corrected chi connectivity index (χ4v) is 5.41. The molecule has 0 aliphatic heterocycles. The predicted octanol–water partition coefficient (Wildman–Crippen LogP) is 3.26. The highest BCUT2D eigenvalue weighted by molar-refractivity contribution is 9.10. The quantitative estimate of drug-likeness (QED) is 0.840. The van der Waals surface area contributed by atoms with E-state index in [0.717, 1.165) is 10.0 Å². The Kier molecular flexibility index (Phi) is 4.01. The Labute approximate surface area is 147 Å². The van der Waals surface area contributed by atoms with Crippen LogP contribution in [0.25, 0.3) is 0 Å². The third-order valence-electron chi connectivity index (χ3n) is 4.08. The van der Waals surface area contributed by atoms with E-state index < -0.39 is 26.5 Å². The lowest BCUT2D eigenvalue weighted by atomic mass is 10.1. The van der Waals surface area contributed by atoms with Crippen LogP contribution in [-0.2, 0) is 9.84 Å². The Bertz CT molecular complexity index is 891. The van der Waals surface area contributed by atoms with E-state index in [-0.39, 0.29) is 4.90 Å². The molecule has 0 heterocycles. The van der Waals surface area contributed by atoms with Gasteiger partial charge in [0.25, 0.3) is 0 Å². The average molecular weight is 412 g/mol. The Morgan fingerprint density at radius 3 is 2.22 bits per heavy atom. The van der Waals surface area contributed by atoms with Crippen molar-refractivity contribution in [1.29, 1.82) is 5.26 Å². The first kappa shape index (κ1) is 16.5. The van der Waals surface area contributed by atoms with E-state index in [1.165, 1.54) is 24.3 Å². The number of nitriles is 1. The predicted molar refractivity (Wildman–Crippen MR) is 91.8 cm³/mol. The van der Waals surface area contributed by atoms with Crippen LogP contribution in [0.15, 0.2) is 57.9 Å². The van der Waals surface area contributed by atoms with E-state index in [1.807, 2.05) is 6.07 Å². The SMILES string of the molecule is N#C[C@@]1(N)[C@H](c2ccc(Br)cc2)[C@@H]1S(=O)(=O)c1ccc(Cl)cc1. The molecular weight excluding hydrogens is 400 g/mol. The Hall–Kier alpha value is -1.39. The van der Waals surface area contributed by atoms with Crippen molar-refractivity contribution in [3.8, 4) is 6.07 Å². The van der Waals surface area contributed by atoms with Gasteiger partial charge in [0, 0.05) is 15.4 Å². The van der Waals surface area contributed by atoms with Crippen LogP contribution in [0.2, 0.25) is 5.02 Å². The molecule has 1 aliphatic carbocycles. The molecule has 3 rings (SSSR count). The number of hydrogen-bond acceptors (Lipinski definition) is 4. The molecule has 23 heavy (non-hydrogen) atoms. The number of nitrogens with two attached hydrogens (primary N) is 1. The van der Waals surface area contributed by atoms with Crippen LogP contribution in [0.3, 0.4) is 0 Å². The molecule has 2 N–H and O–H groups in total. The van der Waals surface area contributed by atoms with Gasteiger partial charge in [-0.1, -0.05) is 39.7 Å². The third kappa shape index (κ3) is 2.68. The number of rotatable bonds is 3. The fraction of sp³-hybridized carbons (Fsp3) is 0.188. The number of nitrogens with zero attached hydrogens (tertiary/aromatic N) is 1. The number of hydrogen-bond donors (Lipinski definition) is 1. The first-order valence-electron chi connectivity index (χ1n) is 6.76. The van der Waals surface area contributed by atoms with Crippen molar-refractivity contribution in [1.82, 2.24) is 0 Å². The van der Waals surface area contributed by atoms with Crippen LogP contribution < -0.4 is 5.73 Å². The molecular formula is C16H12BrClN2O2S. The fourth-order valence-electron chi connectivity index (χ4n) is 2.83. The highest BCUT2D eigenvalue weighted by Gasteiger charge is 2.70. The van der Waals surface area contributed by atoms with Gasteiger partial charge in [-0.25, -0.2) is 8.42 Å². The molecule has 1 fully saturated rings. The van der Waals surface area contributed by atoms with Gasteiger partial charge in [0.1, 0.15) is 10.8 Å². The van der Waals surface area contributed by atoms with Gasteiger partial charge in [-0.3, -0.25) is 0 Å². The Morgan fingerprint density at radius 2 is 1.70 bits per heavy atom. The van der Waals surface area contributed by atoms with E-state index in [2.05, 4.69) is 15.9 Å². The molecule has 1 saturated carbocycles. The zero-order valence-electron chi connectivity index (χ0n) is 11.8. The summed E-state index contributed by atoms with van der Waals surface area (Å²) in [5, 5.41) is 8.88. The van der Waals surface area contributed by atoms with Gasteiger partial charge in [-0.15, -0.1) is 0 Å². The summed E-state index contributed by atoms with van der Waals surface area (Å²) in [5.74, 6) is -0.554. The third-order valence-corrected chi connectivity index (χ3v) is 7.12. The van der Waals surface area contributed by atoms with Gasteiger partial charge >= 0.3 is 0 Å². The van der Waals surface area contributed by atoms with E-state index >= 15 is 0 Å². The summed E-state index contributed by atoms with van der Waals surface area (Å²) < 4.78 is 26.6. The van der Waals surface area contributed by atoms with Crippen molar-refractivity contribution in [2.45, 2.75) is 21.6 Å². The molecule has 0 unspecified atom stereocenters. The number of halogens is 2. The summed E-state index contributed by atoms with van der Waals surface area (Å²) in [5.41, 5.74) is 5.39. The second-order valence-electron chi connectivity index (χ2n) is 5.49. The van der Waals surface area contributed by atoms with Crippen LogP contribution in [0.5, 0.6) is 0 Å². The molecule has 7 heteroatoms. The summed E-state index contributed by atoms with van der Waals surface area (Å²) in [4.78, 5) is 0.122. The second-order valence-corrected chi connectivity index (χ2v) is 8.91. The Morgan fingerprint density at radius 1 is 1.13 bits per heavy atom. The molecule has 3 atom stereocenters. The van der Waals surface area contributed by atoms with Crippen LogP contribution >= 0.6 is 27.5 Å². The maximum Gasteiger partial charge on any atom is 0.184 e. The number of benzene rings is 2. The summed E-state index contributed by atoms with van der Waals surface area (Å²) in [6, 6.07) is 15.0. The van der Waals surface area contributed by atoms with Crippen molar-refractivity contribution >= 4 is 37.4 Å². The van der Waals surface area contributed by atoms with Crippen molar-refractivity contribution in [2.24, 2.45) is 5.73 Å². The molecule has 0 bridgehead atoms. The van der Waals surface area contributed by atoms with Crippen LogP contribution in [0, 0.1) is 11.3 Å². The highest BCUT2D eigenvalue weighted by Crippen LogP contribution is 2.55. The lowest BCUT2D eigenvalue weighted by molar-refractivity contribution is 0.592. The van der Waals surface area contributed by atoms with E-state index in [0.29, 0.717) is 5.02 Å². The van der Waals surface area contributed by atoms with Gasteiger partial charge in [-0.2, -0.15) is 5.26 Å². The van der Waals surface area contributed by atoms with Gasteiger partial charge in [0.15, 0.2) is 9.84 Å². The summed E-state index contributed by atoms with van der Waals surface area (Å²) >= 11 is 9.13. The molecule has 118 valence electrons. The normalized spacial score (nSPS) is 26.5. The molecule has 2 aromatic rings. The summed E-state index contributed by atoms with van der Waals surface area (Å²) in [6.07, 6.45) is 0. The summed E-state index contributed by atoms with van der Waals surface area (Å²) in [7, 11) is -3.73. The van der Waals surface area contributed by atoms with Crippen LogP contribution in [0.1, 0.15) is 11.5 Å². The first-order chi connectivity index (χ1) is 10.8. The minimum atomic E-state index is -3.73. The van der Waals surface area contributed by atoms with Crippen molar-refractivity contribution < 1.29 is 8.42 Å². The van der Waals surface area contributed by atoms with Crippen molar-refractivity contribution in [3.05, 3.63) is 63.6 Å². The van der Waals surface area contributed by atoms with E-state index in [1.54, 1.807) is 24.3 Å². The van der Waals surface area contributed by atoms with Crippen molar-refractivity contribution in [2.75, 3.05) is 0 Å².